The van der Waals surface area contributed by atoms with E-state index in [1.165, 1.54) is 89.9 Å². The maximum absolute atomic E-state index is 12.0. The first kappa shape index (κ1) is 25.4. The van der Waals surface area contributed by atoms with E-state index in [-0.39, 0.29) is 17.7 Å². The molecule has 0 spiro atoms. The molecule has 0 saturated heterocycles. The number of rotatable bonds is 18. The molecule has 0 aromatic heterocycles. The molecule has 3 unspecified atom stereocenters. The lowest BCUT2D eigenvalue weighted by Crippen LogP contribution is -2.43. The quantitative estimate of drug-likeness (QED) is 0.128. The number of unbranched alkanes of at least 4 members (excludes halogenated alkanes) is 13. The van der Waals surface area contributed by atoms with Gasteiger partial charge in [-0.1, -0.05) is 97.0 Å². The minimum Gasteiger partial charge on any atom is -0.456 e. The van der Waals surface area contributed by atoms with Crippen molar-refractivity contribution in [2.45, 2.75) is 141 Å². The van der Waals surface area contributed by atoms with Gasteiger partial charge >= 0.3 is 5.97 Å². The summed E-state index contributed by atoms with van der Waals surface area (Å²) in [5, 5.41) is 0. The van der Waals surface area contributed by atoms with Gasteiger partial charge in [0.15, 0.2) is 0 Å². The Morgan fingerprint density at radius 3 is 1.93 bits per heavy atom. The second-order valence-electron chi connectivity index (χ2n) is 10.0. The van der Waals surface area contributed by atoms with E-state index >= 15 is 0 Å². The minimum absolute atomic E-state index is 0.0629. The lowest BCUT2D eigenvalue weighted by molar-refractivity contribution is -0.166. The maximum atomic E-state index is 12.0. The fraction of sp³-hybridized carbons (Fsp3) is 0.889. The number of ether oxygens (including phenoxy) is 2. The highest BCUT2D eigenvalue weighted by molar-refractivity contribution is 5.87. The van der Waals surface area contributed by atoms with E-state index in [0.29, 0.717) is 11.5 Å². The molecule has 0 radical (unpaired) electrons. The predicted molar refractivity (Wildman–Crippen MR) is 126 cm³/mol. The van der Waals surface area contributed by atoms with Crippen LogP contribution in [0.1, 0.15) is 129 Å². The van der Waals surface area contributed by atoms with Crippen molar-refractivity contribution in [2.75, 3.05) is 6.61 Å². The third kappa shape index (κ3) is 8.73. The molecular formula is C27H48O3. The summed E-state index contributed by atoms with van der Waals surface area (Å²) in [4.78, 5) is 12.0. The molecule has 3 nitrogen and oxygen atoms in total. The Labute approximate surface area is 186 Å². The molecule has 0 aromatic rings. The predicted octanol–water partition coefficient (Wildman–Crippen LogP) is 7.91. The van der Waals surface area contributed by atoms with Crippen LogP contribution in [0.15, 0.2) is 12.2 Å². The van der Waals surface area contributed by atoms with Crippen LogP contribution in [0.4, 0.5) is 0 Å². The van der Waals surface area contributed by atoms with E-state index in [0.717, 1.165) is 32.3 Å². The van der Waals surface area contributed by atoms with Crippen molar-refractivity contribution in [3.63, 3.8) is 0 Å². The van der Waals surface area contributed by atoms with Crippen molar-refractivity contribution in [1.82, 2.24) is 0 Å². The van der Waals surface area contributed by atoms with Crippen molar-refractivity contribution >= 4 is 5.97 Å². The fourth-order valence-corrected chi connectivity index (χ4v) is 5.33. The third-order valence-electron chi connectivity index (χ3n) is 7.23. The highest BCUT2D eigenvalue weighted by Crippen LogP contribution is 2.51. The molecule has 0 aliphatic heterocycles. The standard InChI is InChI=1S/C27H48O3/c1-4-5-6-7-8-9-10-11-12-13-14-15-16-17-20-29-27-19-18-24(22-27)21-25(27)30-26(28)23(2)3/h24-25H,2,4-22H2,1,3H3. The van der Waals surface area contributed by atoms with Crippen LogP contribution in [0.2, 0.25) is 0 Å². The van der Waals surface area contributed by atoms with Gasteiger partial charge in [-0.25, -0.2) is 4.79 Å². The van der Waals surface area contributed by atoms with Crippen LogP contribution in [-0.2, 0) is 14.3 Å². The normalized spacial score (nSPS) is 25.0. The average molecular weight is 421 g/mol. The second kappa shape index (κ2) is 14.3. The van der Waals surface area contributed by atoms with Gasteiger partial charge in [-0.2, -0.15) is 0 Å². The van der Waals surface area contributed by atoms with Gasteiger partial charge in [0.1, 0.15) is 11.7 Å². The zero-order valence-electron chi connectivity index (χ0n) is 20.0. The van der Waals surface area contributed by atoms with Gasteiger partial charge < -0.3 is 9.47 Å². The molecule has 3 heteroatoms. The van der Waals surface area contributed by atoms with Gasteiger partial charge in [0.25, 0.3) is 0 Å². The van der Waals surface area contributed by atoms with Crippen LogP contribution in [0.5, 0.6) is 0 Å². The number of hydrogen-bond acceptors (Lipinski definition) is 3. The van der Waals surface area contributed by atoms with Crippen LogP contribution in [0.3, 0.4) is 0 Å². The Morgan fingerprint density at radius 1 is 0.900 bits per heavy atom. The first-order chi connectivity index (χ1) is 14.6. The highest BCUT2D eigenvalue weighted by atomic mass is 16.6. The fourth-order valence-electron chi connectivity index (χ4n) is 5.33. The molecule has 0 amide bonds. The second-order valence-corrected chi connectivity index (χ2v) is 10.0. The molecule has 0 heterocycles. The van der Waals surface area contributed by atoms with Crippen LogP contribution >= 0.6 is 0 Å². The molecule has 3 atom stereocenters. The monoisotopic (exact) mass is 420 g/mol. The zero-order valence-corrected chi connectivity index (χ0v) is 20.0. The summed E-state index contributed by atoms with van der Waals surface area (Å²) in [7, 11) is 0. The lowest BCUT2D eigenvalue weighted by atomic mass is 9.93. The molecule has 2 aliphatic rings. The summed E-state index contributed by atoms with van der Waals surface area (Å²) in [6, 6.07) is 0. The number of fused-ring (bicyclic) bond motifs is 2. The summed E-state index contributed by atoms with van der Waals surface area (Å²) >= 11 is 0. The highest BCUT2D eigenvalue weighted by Gasteiger charge is 2.55. The molecule has 2 bridgehead atoms. The Balaban J connectivity index is 1.44. The summed E-state index contributed by atoms with van der Waals surface area (Å²) < 4.78 is 12.1. The largest absolute Gasteiger partial charge is 0.456 e. The number of carbonyl (C=O) groups excluding carboxylic acids is 1. The van der Waals surface area contributed by atoms with E-state index < -0.39 is 0 Å². The molecular weight excluding hydrogens is 372 g/mol. The van der Waals surface area contributed by atoms with Gasteiger partial charge in [-0.05, 0) is 44.9 Å². The van der Waals surface area contributed by atoms with Crippen molar-refractivity contribution in [2.24, 2.45) is 5.92 Å². The van der Waals surface area contributed by atoms with Crippen LogP contribution in [-0.4, -0.2) is 24.3 Å². The smallest absolute Gasteiger partial charge is 0.333 e. The van der Waals surface area contributed by atoms with Crippen LogP contribution < -0.4 is 0 Å². The van der Waals surface area contributed by atoms with E-state index in [4.69, 9.17) is 9.47 Å². The summed E-state index contributed by atoms with van der Waals surface area (Å²) in [6.45, 7) is 8.53. The van der Waals surface area contributed by atoms with Gasteiger partial charge in [-0.3, -0.25) is 0 Å². The van der Waals surface area contributed by atoms with Crippen molar-refractivity contribution in [3.05, 3.63) is 12.2 Å². The van der Waals surface area contributed by atoms with Gasteiger partial charge in [0, 0.05) is 12.2 Å². The number of esters is 1. The Hall–Kier alpha value is -0.830. The Morgan fingerprint density at radius 2 is 1.43 bits per heavy atom. The zero-order chi connectivity index (χ0) is 21.7. The topological polar surface area (TPSA) is 35.5 Å². The van der Waals surface area contributed by atoms with Crippen molar-refractivity contribution in [1.29, 1.82) is 0 Å². The minimum atomic E-state index is -0.257. The SMILES string of the molecule is C=C(C)C(=O)OC1CC2CCC1(OCCCCCCCCCCCCCCCC)C2. The van der Waals surface area contributed by atoms with E-state index in [1.54, 1.807) is 6.92 Å². The maximum Gasteiger partial charge on any atom is 0.333 e. The Kier molecular flexibility index (Phi) is 12.1. The number of hydrogen-bond donors (Lipinski definition) is 0. The first-order valence-corrected chi connectivity index (χ1v) is 13.1. The van der Waals surface area contributed by atoms with E-state index in [9.17, 15) is 4.79 Å². The molecule has 2 saturated carbocycles. The van der Waals surface area contributed by atoms with Gasteiger partial charge in [0.2, 0.25) is 0 Å². The van der Waals surface area contributed by atoms with Crippen molar-refractivity contribution < 1.29 is 14.3 Å². The number of carbonyl (C=O) groups is 1. The summed E-state index contributed by atoms with van der Waals surface area (Å²) in [6.07, 6.45) is 23.5. The van der Waals surface area contributed by atoms with Gasteiger partial charge in [0.05, 0.1) is 0 Å². The van der Waals surface area contributed by atoms with E-state index in [1.807, 2.05) is 0 Å². The summed E-state index contributed by atoms with van der Waals surface area (Å²) in [5.74, 6) is 0.413. The Bertz CT molecular complexity index is 500. The lowest BCUT2D eigenvalue weighted by Gasteiger charge is -2.34. The summed E-state index contributed by atoms with van der Waals surface area (Å²) in [5.41, 5.74) is 0.284. The molecule has 2 fully saturated rings. The van der Waals surface area contributed by atoms with Crippen molar-refractivity contribution in [3.8, 4) is 0 Å². The molecule has 0 aromatic carbocycles. The van der Waals surface area contributed by atoms with Crippen LogP contribution in [0.25, 0.3) is 0 Å². The molecule has 2 rings (SSSR count). The molecule has 0 N–H and O–H groups in total. The first-order valence-electron chi connectivity index (χ1n) is 13.1. The van der Waals surface area contributed by atoms with Crippen LogP contribution in [0, 0.1) is 5.92 Å². The molecule has 174 valence electrons. The molecule has 30 heavy (non-hydrogen) atoms. The van der Waals surface area contributed by atoms with Gasteiger partial charge in [-0.15, -0.1) is 0 Å². The van der Waals surface area contributed by atoms with E-state index in [2.05, 4.69) is 13.5 Å². The third-order valence-corrected chi connectivity index (χ3v) is 7.23. The average Bonchev–Trinajstić information content (AvgIpc) is 3.29. The molecule has 2 aliphatic carbocycles.